The summed E-state index contributed by atoms with van der Waals surface area (Å²) in [5, 5.41) is 9.54. The lowest BCUT2D eigenvalue weighted by Gasteiger charge is -2.31. The van der Waals surface area contributed by atoms with Crippen molar-refractivity contribution in [1.29, 1.82) is 0 Å². The zero-order valence-electron chi connectivity index (χ0n) is 30.8. The molecule has 1 N–H and O–H groups in total. The Morgan fingerprint density at radius 3 is 1.37 bits per heavy atom. The molecular weight excluding hydrogens is 582 g/mol. The predicted octanol–water partition coefficient (Wildman–Crippen LogP) is 9.41. The maximum absolute atomic E-state index is 12.6. The summed E-state index contributed by atoms with van der Waals surface area (Å²) in [5.74, 6) is -1.48. The van der Waals surface area contributed by atoms with Crippen LogP contribution in [0.15, 0.2) is 0 Å². The van der Waals surface area contributed by atoms with E-state index in [9.17, 15) is 19.5 Å². The number of hydrogen-bond donors (Lipinski definition) is 1. The molecule has 0 aromatic rings. The number of ether oxygens (including phenoxy) is 3. The summed E-state index contributed by atoms with van der Waals surface area (Å²) in [7, 11) is 5.51. The normalized spacial score (nSPS) is 13.0. The van der Waals surface area contributed by atoms with Crippen LogP contribution in [0.3, 0.4) is 0 Å². The Balaban J connectivity index is 4.15. The van der Waals surface area contributed by atoms with Crippen LogP contribution in [0.25, 0.3) is 0 Å². The Kier molecular flexibility index (Phi) is 29.5. The van der Waals surface area contributed by atoms with Crippen LogP contribution in [0.4, 0.5) is 0 Å². The Hall–Kier alpha value is -1.67. The maximum atomic E-state index is 12.6. The van der Waals surface area contributed by atoms with Crippen LogP contribution in [0.2, 0.25) is 0 Å². The molecule has 8 nitrogen and oxygen atoms in total. The summed E-state index contributed by atoms with van der Waals surface area (Å²) < 4.78 is 17.0. The number of carbonyl (C=O) groups excluding carboxylic acids is 2. The van der Waals surface area contributed by atoms with Crippen molar-refractivity contribution in [2.24, 2.45) is 0 Å². The standard InChI is InChI=1S/C38H73NO7/c1-6-8-10-12-13-14-15-16-17-18-19-20-21-22-23-24-25-27-29-37(41)46-34(33-45-36(40)28-26-11-9-7-2)32-44-31-30-35(38(42)43)39(3,4)5/h34-35H,6-33H2,1-5H3/p+1. The Bertz CT molecular complexity index is 737. The molecule has 0 aliphatic heterocycles. The van der Waals surface area contributed by atoms with Gasteiger partial charge in [0.2, 0.25) is 0 Å². The lowest BCUT2D eigenvalue weighted by molar-refractivity contribution is -0.887. The second-order valence-corrected chi connectivity index (χ2v) is 14.2. The van der Waals surface area contributed by atoms with Crippen LogP contribution in [0.1, 0.15) is 174 Å². The number of aliphatic carboxylic acids is 1. The molecule has 8 heteroatoms. The molecule has 2 unspecified atom stereocenters. The summed E-state index contributed by atoms with van der Waals surface area (Å²) in [6.45, 7) is 4.63. The van der Waals surface area contributed by atoms with Crippen LogP contribution in [0.5, 0.6) is 0 Å². The van der Waals surface area contributed by atoms with Gasteiger partial charge in [-0.3, -0.25) is 9.59 Å². The fourth-order valence-electron chi connectivity index (χ4n) is 5.74. The summed E-state index contributed by atoms with van der Waals surface area (Å²) in [5.41, 5.74) is 0. The predicted molar refractivity (Wildman–Crippen MR) is 188 cm³/mol. The first-order chi connectivity index (χ1) is 22.1. The van der Waals surface area contributed by atoms with E-state index in [4.69, 9.17) is 14.2 Å². The molecule has 0 aliphatic carbocycles. The Labute approximate surface area is 283 Å². The highest BCUT2D eigenvalue weighted by Gasteiger charge is 2.31. The van der Waals surface area contributed by atoms with E-state index in [2.05, 4.69) is 13.8 Å². The molecule has 272 valence electrons. The molecule has 0 saturated carbocycles. The lowest BCUT2D eigenvalue weighted by Crippen LogP contribution is -2.50. The molecule has 0 radical (unpaired) electrons. The van der Waals surface area contributed by atoms with E-state index < -0.39 is 18.1 Å². The number of unbranched alkanes of at least 4 members (excludes halogenated alkanes) is 20. The molecule has 0 spiro atoms. The van der Waals surface area contributed by atoms with E-state index in [0.29, 0.717) is 19.3 Å². The van der Waals surface area contributed by atoms with E-state index in [1.54, 1.807) is 0 Å². The van der Waals surface area contributed by atoms with Gasteiger partial charge < -0.3 is 23.8 Å². The number of carbonyl (C=O) groups is 3. The van der Waals surface area contributed by atoms with Crippen molar-refractivity contribution in [2.75, 3.05) is 41.0 Å². The molecule has 0 amide bonds. The summed E-state index contributed by atoms with van der Waals surface area (Å²) in [4.78, 5) is 36.4. The monoisotopic (exact) mass is 657 g/mol. The van der Waals surface area contributed by atoms with E-state index in [0.717, 1.165) is 44.9 Å². The van der Waals surface area contributed by atoms with Crippen molar-refractivity contribution in [2.45, 2.75) is 187 Å². The molecule has 0 saturated heterocycles. The SMILES string of the molecule is CCCCCCCCCCCCCCCCCCCCC(=O)OC(COCCC(C(=O)O)[N+](C)(C)C)COC(=O)CCCCCC. The minimum Gasteiger partial charge on any atom is -0.477 e. The quantitative estimate of drug-likeness (QED) is 0.0418. The van der Waals surface area contributed by atoms with Gasteiger partial charge in [0.1, 0.15) is 6.61 Å². The fourth-order valence-corrected chi connectivity index (χ4v) is 5.74. The highest BCUT2D eigenvalue weighted by molar-refractivity contribution is 5.72. The number of nitrogens with zero attached hydrogens (tertiary/aromatic N) is 1. The average Bonchev–Trinajstić information content (AvgIpc) is 3.00. The van der Waals surface area contributed by atoms with Crippen LogP contribution < -0.4 is 0 Å². The summed E-state index contributed by atoms with van der Waals surface area (Å²) in [6, 6.07) is -0.605. The highest BCUT2D eigenvalue weighted by atomic mass is 16.6. The van der Waals surface area contributed by atoms with E-state index >= 15 is 0 Å². The van der Waals surface area contributed by atoms with Gasteiger partial charge >= 0.3 is 17.9 Å². The number of esters is 2. The molecule has 0 bridgehead atoms. The largest absolute Gasteiger partial charge is 0.477 e. The minimum absolute atomic E-state index is 0.0465. The third-order valence-corrected chi connectivity index (χ3v) is 8.76. The summed E-state index contributed by atoms with van der Waals surface area (Å²) in [6.07, 6.45) is 27.6. The zero-order chi connectivity index (χ0) is 34.3. The third-order valence-electron chi connectivity index (χ3n) is 8.76. The molecule has 0 rings (SSSR count). The molecule has 0 heterocycles. The van der Waals surface area contributed by atoms with Gasteiger partial charge in [-0.25, -0.2) is 4.79 Å². The first-order valence-corrected chi connectivity index (χ1v) is 19.1. The van der Waals surface area contributed by atoms with Crippen molar-refractivity contribution < 1.29 is 38.2 Å². The van der Waals surface area contributed by atoms with Gasteiger partial charge in [-0.05, 0) is 12.8 Å². The van der Waals surface area contributed by atoms with Crippen molar-refractivity contribution in [3.63, 3.8) is 0 Å². The molecule has 2 atom stereocenters. The van der Waals surface area contributed by atoms with Crippen LogP contribution in [-0.2, 0) is 28.6 Å². The molecule has 0 aromatic heterocycles. The lowest BCUT2D eigenvalue weighted by atomic mass is 10.0. The van der Waals surface area contributed by atoms with E-state index in [-0.39, 0.29) is 36.2 Å². The zero-order valence-corrected chi connectivity index (χ0v) is 30.8. The second kappa shape index (κ2) is 30.7. The number of carboxylic acid groups (broad SMARTS) is 1. The van der Waals surface area contributed by atoms with Crippen molar-refractivity contribution >= 4 is 17.9 Å². The van der Waals surface area contributed by atoms with E-state index in [1.165, 1.54) is 96.3 Å². The van der Waals surface area contributed by atoms with Crippen molar-refractivity contribution in [3.05, 3.63) is 0 Å². The Morgan fingerprint density at radius 2 is 0.957 bits per heavy atom. The second-order valence-electron chi connectivity index (χ2n) is 14.2. The third kappa shape index (κ3) is 28.5. The number of rotatable bonds is 34. The van der Waals surface area contributed by atoms with E-state index in [1.807, 2.05) is 21.1 Å². The number of carboxylic acids is 1. The van der Waals surface area contributed by atoms with Gasteiger partial charge in [-0.2, -0.15) is 0 Å². The van der Waals surface area contributed by atoms with Crippen LogP contribution in [0, 0.1) is 0 Å². The topological polar surface area (TPSA) is 99.1 Å². The van der Waals surface area contributed by atoms with Crippen molar-refractivity contribution in [3.8, 4) is 0 Å². The van der Waals surface area contributed by atoms with Gasteiger partial charge in [0, 0.05) is 19.3 Å². The summed E-state index contributed by atoms with van der Waals surface area (Å²) >= 11 is 0. The van der Waals surface area contributed by atoms with Gasteiger partial charge in [-0.1, -0.05) is 142 Å². The molecule has 0 aromatic carbocycles. The first-order valence-electron chi connectivity index (χ1n) is 19.1. The maximum Gasteiger partial charge on any atom is 0.362 e. The first kappa shape index (κ1) is 44.3. The number of quaternary nitrogens is 1. The van der Waals surface area contributed by atoms with Gasteiger partial charge in [-0.15, -0.1) is 0 Å². The molecule has 0 fully saturated rings. The van der Waals surface area contributed by atoms with Crippen LogP contribution >= 0.6 is 0 Å². The Morgan fingerprint density at radius 1 is 0.565 bits per heavy atom. The fraction of sp³-hybridized carbons (Fsp3) is 0.921. The molecule has 46 heavy (non-hydrogen) atoms. The average molecular weight is 657 g/mol. The smallest absolute Gasteiger partial charge is 0.362 e. The van der Waals surface area contributed by atoms with Gasteiger partial charge in [0.15, 0.2) is 12.1 Å². The molecular formula is C38H74NO7+. The van der Waals surface area contributed by atoms with Crippen LogP contribution in [-0.4, -0.2) is 80.6 Å². The minimum atomic E-state index is -0.875. The molecule has 0 aliphatic rings. The van der Waals surface area contributed by atoms with Crippen molar-refractivity contribution in [1.82, 2.24) is 0 Å². The number of hydrogen-bond acceptors (Lipinski definition) is 6. The van der Waals surface area contributed by atoms with Gasteiger partial charge in [0.25, 0.3) is 0 Å². The highest BCUT2D eigenvalue weighted by Crippen LogP contribution is 2.15. The van der Waals surface area contributed by atoms with Gasteiger partial charge in [0.05, 0.1) is 34.4 Å². The number of likely N-dealkylation sites (N-methyl/N-ethyl adjacent to an activating group) is 1.